The van der Waals surface area contributed by atoms with E-state index in [2.05, 4.69) is 0 Å². The van der Waals surface area contributed by atoms with Crippen molar-refractivity contribution in [1.29, 1.82) is 0 Å². The average molecular weight is 246 g/mol. The lowest BCUT2D eigenvalue weighted by molar-refractivity contribution is -0.138. The van der Waals surface area contributed by atoms with Gasteiger partial charge < -0.3 is 14.9 Å². The van der Waals surface area contributed by atoms with Crippen molar-refractivity contribution in [2.45, 2.75) is 5.60 Å². The molecule has 0 heterocycles. The van der Waals surface area contributed by atoms with Gasteiger partial charge in [0.2, 0.25) is 0 Å². The number of rotatable bonds is 3. The van der Waals surface area contributed by atoms with E-state index >= 15 is 0 Å². The minimum Gasteiger partial charge on any atom is -0.508 e. The Morgan fingerprint density at radius 3 is 2.39 bits per heavy atom. The zero-order chi connectivity index (χ0) is 13.2. The van der Waals surface area contributed by atoms with Gasteiger partial charge in [0.25, 0.3) is 0 Å². The zero-order valence-electron chi connectivity index (χ0n) is 9.91. The van der Waals surface area contributed by atoms with Crippen LogP contribution in [-0.4, -0.2) is 23.3 Å². The highest BCUT2D eigenvalue weighted by Crippen LogP contribution is 2.37. The Labute approximate surface area is 105 Å². The number of para-hydroxylation sites is 1. The van der Waals surface area contributed by atoms with E-state index in [1.165, 1.54) is 7.11 Å². The summed E-state index contributed by atoms with van der Waals surface area (Å²) in [6, 6.07) is 6.83. The summed E-state index contributed by atoms with van der Waals surface area (Å²) in [4.78, 5) is 10.9. The van der Waals surface area contributed by atoms with Crippen LogP contribution in [0.25, 0.3) is 0 Å². The van der Waals surface area contributed by atoms with Crippen LogP contribution in [0, 0.1) is 5.92 Å². The summed E-state index contributed by atoms with van der Waals surface area (Å²) in [5, 5.41) is 18.8. The summed E-state index contributed by atoms with van der Waals surface area (Å²) >= 11 is 0. The number of benzene rings is 1. The highest BCUT2D eigenvalue weighted by atomic mass is 16.5. The predicted octanol–water partition coefficient (Wildman–Crippen LogP) is 2.06. The SMILES string of the molecule is COC1(c2ccccc2O)C=CC(C(=O)O)C=C1. The van der Waals surface area contributed by atoms with E-state index in [0.29, 0.717) is 5.56 Å². The summed E-state index contributed by atoms with van der Waals surface area (Å²) < 4.78 is 5.45. The molecule has 0 atom stereocenters. The third-order valence-electron chi connectivity index (χ3n) is 3.05. The van der Waals surface area contributed by atoms with Gasteiger partial charge in [-0.2, -0.15) is 0 Å². The molecular formula is C14H14O4. The quantitative estimate of drug-likeness (QED) is 0.801. The average Bonchev–Trinajstić information content (AvgIpc) is 2.39. The summed E-state index contributed by atoms with van der Waals surface area (Å²) in [6.07, 6.45) is 6.41. The molecule has 0 aliphatic heterocycles. The normalized spacial score (nSPS) is 26.2. The van der Waals surface area contributed by atoms with E-state index < -0.39 is 17.5 Å². The lowest BCUT2D eigenvalue weighted by Gasteiger charge is -2.30. The van der Waals surface area contributed by atoms with Gasteiger partial charge in [-0.1, -0.05) is 30.4 Å². The first kappa shape index (κ1) is 12.4. The topological polar surface area (TPSA) is 66.8 Å². The van der Waals surface area contributed by atoms with Crippen LogP contribution < -0.4 is 0 Å². The first-order chi connectivity index (χ1) is 8.59. The van der Waals surface area contributed by atoms with Gasteiger partial charge in [0, 0.05) is 12.7 Å². The van der Waals surface area contributed by atoms with Gasteiger partial charge in [-0.3, -0.25) is 4.79 Å². The molecule has 0 fully saturated rings. The fraction of sp³-hybridized carbons (Fsp3) is 0.214. The van der Waals surface area contributed by atoms with Crippen LogP contribution in [0.15, 0.2) is 48.6 Å². The molecule has 0 saturated heterocycles. The van der Waals surface area contributed by atoms with Crippen LogP contribution in [0.5, 0.6) is 5.75 Å². The van der Waals surface area contributed by atoms with Crippen molar-refractivity contribution in [2.24, 2.45) is 5.92 Å². The molecule has 0 bridgehead atoms. The molecule has 0 unspecified atom stereocenters. The van der Waals surface area contributed by atoms with Crippen molar-refractivity contribution in [1.82, 2.24) is 0 Å². The number of ether oxygens (including phenoxy) is 1. The smallest absolute Gasteiger partial charge is 0.314 e. The Morgan fingerprint density at radius 1 is 1.28 bits per heavy atom. The predicted molar refractivity (Wildman–Crippen MR) is 66.2 cm³/mol. The number of hydrogen-bond acceptors (Lipinski definition) is 3. The number of carboxylic acid groups (broad SMARTS) is 1. The summed E-state index contributed by atoms with van der Waals surface area (Å²) in [5.74, 6) is -1.45. The van der Waals surface area contributed by atoms with Gasteiger partial charge in [0.15, 0.2) is 0 Å². The van der Waals surface area contributed by atoms with Crippen molar-refractivity contribution in [3.63, 3.8) is 0 Å². The summed E-state index contributed by atoms with van der Waals surface area (Å²) in [5.41, 5.74) is -0.319. The van der Waals surface area contributed by atoms with Crippen molar-refractivity contribution in [2.75, 3.05) is 7.11 Å². The van der Waals surface area contributed by atoms with E-state index in [1.54, 1.807) is 48.6 Å². The number of phenols is 1. The van der Waals surface area contributed by atoms with Gasteiger partial charge in [0.05, 0.1) is 5.92 Å². The van der Waals surface area contributed by atoms with Crippen molar-refractivity contribution < 1.29 is 19.7 Å². The number of carboxylic acids is 1. The number of phenolic OH excluding ortho intramolecular Hbond substituents is 1. The Morgan fingerprint density at radius 2 is 1.89 bits per heavy atom. The Bertz CT molecular complexity index is 502. The molecule has 2 rings (SSSR count). The van der Waals surface area contributed by atoms with Crippen molar-refractivity contribution >= 4 is 5.97 Å². The van der Waals surface area contributed by atoms with E-state index in [9.17, 15) is 9.90 Å². The molecule has 0 radical (unpaired) electrons. The maximum atomic E-state index is 10.9. The molecule has 1 aromatic rings. The largest absolute Gasteiger partial charge is 0.508 e. The number of carbonyl (C=O) groups is 1. The van der Waals surface area contributed by atoms with Crippen LogP contribution in [0.4, 0.5) is 0 Å². The third kappa shape index (κ3) is 2.02. The third-order valence-corrected chi connectivity index (χ3v) is 3.05. The number of aromatic hydroxyl groups is 1. The number of aliphatic carboxylic acids is 1. The summed E-state index contributed by atoms with van der Waals surface area (Å²) in [7, 11) is 1.52. The maximum absolute atomic E-state index is 10.9. The molecule has 18 heavy (non-hydrogen) atoms. The molecule has 0 aromatic heterocycles. The molecule has 0 saturated carbocycles. The standard InChI is InChI=1S/C14H14O4/c1-18-14(11-4-2-3-5-12(11)15)8-6-10(7-9-14)13(16)17/h2-10,15H,1H3,(H,16,17). The molecule has 2 N–H and O–H groups in total. The van der Waals surface area contributed by atoms with Gasteiger partial charge >= 0.3 is 5.97 Å². The van der Waals surface area contributed by atoms with Crippen LogP contribution in [0.2, 0.25) is 0 Å². The Kier molecular flexibility index (Phi) is 3.21. The molecule has 1 aliphatic rings. The van der Waals surface area contributed by atoms with Crippen LogP contribution >= 0.6 is 0 Å². The highest BCUT2D eigenvalue weighted by Gasteiger charge is 2.32. The first-order valence-corrected chi connectivity index (χ1v) is 5.54. The highest BCUT2D eigenvalue weighted by molar-refractivity contribution is 5.75. The number of hydrogen-bond donors (Lipinski definition) is 2. The summed E-state index contributed by atoms with van der Waals surface area (Å²) in [6.45, 7) is 0. The van der Waals surface area contributed by atoms with E-state index in [4.69, 9.17) is 9.84 Å². The van der Waals surface area contributed by atoms with Crippen molar-refractivity contribution in [3.05, 3.63) is 54.1 Å². The minimum atomic E-state index is -0.913. The van der Waals surface area contributed by atoms with Crippen LogP contribution in [0.3, 0.4) is 0 Å². The van der Waals surface area contributed by atoms with Gasteiger partial charge in [-0.25, -0.2) is 0 Å². The second-order valence-electron chi connectivity index (χ2n) is 4.10. The monoisotopic (exact) mass is 246 g/mol. The fourth-order valence-electron chi connectivity index (χ4n) is 2.01. The zero-order valence-corrected chi connectivity index (χ0v) is 9.91. The molecule has 0 amide bonds. The lowest BCUT2D eigenvalue weighted by Crippen LogP contribution is -2.27. The van der Waals surface area contributed by atoms with Crippen LogP contribution in [-0.2, 0) is 15.1 Å². The Balaban J connectivity index is 2.42. The minimum absolute atomic E-state index is 0.113. The Hall–Kier alpha value is -2.07. The van der Waals surface area contributed by atoms with Crippen LogP contribution in [0.1, 0.15) is 5.56 Å². The fourth-order valence-corrected chi connectivity index (χ4v) is 2.01. The maximum Gasteiger partial charge on any atom is 0.314 e. The molecule has 1 aliphatic carbocycles. The molecule has 0 spiro atoms. The van der Waals surface area contributed by atoms with Gasteiger partial charge in [0.1, 0.15) is 11.4 Å². The molecule has 1 aromatic carbocycles. The first-order valence-electron chi connectivity index (χ1n) is 5.54. The van der Waals surface area contributed by atoms with Gasteiger partial charge in [-0.05, 0) is 18.2 Å². The van der Waals surface area contributed by atoms with Gasteiger partial charge in [-0.15, -0.1) is 0 Å². The van der Waals surface area contributed by atoms with Crippen molar-refractivity contribution in [3.8, 4) is 5.75 Å². The lowest BCUT2D eigenvalue weighted by atomic mass is 9.86. The second kappa shape index (κ2) is 4.66. The molecule has 4 heteroatoms. The molecular weight excluding hydrogens is 232 g/mol. The molecule has 94 valence electrons. The van der Waals surface area contributed by atoms with E-state index in [1.807, 2.05) is 0 Å². The second-order valence-corrected chi connectivity index (χ2v) is 4.10. The molecule has 4 nitrogen and oxygen atoms in total. The van der Waals surface area contributed by atoms with E-state index in [-0.39, 0.29) is 5.75 Å². The number of methoxy groups -OCH3 is 1. The van der Waals surface area contributed by atoms with E-state index in [0.717, 1.165) is 0 Å².